The molecule has 1 aromatic carbocycles. The molecule has 0 spiro atoms. The van der Waals surface area contributed by atoms with Crippen molar-refractivity contribution in [3.63, 3.8) is 0 Å². The number of amides is 3. The standard InChI is InChI=1S/C18H14FN3O3S/c1-18(14-3-2-8-26-14)16(23)22(17(24)21-18)9-13-10-25-15(20-13)11-4-6-12(19)7-5-11/h2-8,10H,9H2,1H3,(H,21,24). The summed E-state index contributed by atoms with van der Waals surface area (Å²) in [5.41, 5.74) is -0.0315. The lowest BCUT2D eigenvalue weighted by Gasteiger charge is -2.19. The molecular formula is C18H14FN3O3S. The highest BCUT2D eigenvalue weighted by molar-refractivity contribution is 7.10. The van der Waals surface area contributed by atoms with Crippen molar-refractivity contribution in [2.24, 2.45) is 0 Å². The molecule has 1 atom stereocenters. The number of thiophene rings is 1. The van der Waals surface area contributed by atoms with E-state index in [0.29, 0.717) is 17.1 Å². The van der Waals surface area contributed by atoms with Gasteiger partial charge in [0.2, 0.25) is 5.89 Å². The second-order valence-corrected chi connectivity index (χ2v) is 7.02. The van der Waals surface area contributed by atoms with Gasteiger partial charge >= 0.3 is 6.03 Å². The highest BCUT2D eigenvalue weighted by atomic mass is 32.1. The van der Waals surface area contributed by atoms with Crippen LogP contribution in [-0.4, -0.2) is 21.8 Å². The summed E-state index contributed by atoms with van der Waals surface area (Å²) in [6.07, 6.45) is 1.39. The van der Waals surface area contributed by atoms with Crippen LogP contribution in [0.4, 0.5) is 9.18 Å². The van der Waals surface area contributed by atoms with Crippen molar-refractivity contribution >= 4 is 23.3 Å². The van der Waals surface area contributed by atoms with Crippen molar-refractivity contribution in [2.75, 3.05) is 0 Å². The zero-order valence-electron chi connectivity index (χ0n) is 13.7. The molecule has 3 amide bonds. The van der Waals surface area contributed by atoms with Gasteiger partial charge in [0.05, 0.1) is 12.2 Å². The number of carbonyl (C=O) groups excluding carboxylic acids is 2. The summed E-state index contributed by atoms with van der Waals surface area (Å²) in [4.78, 5) is 31.3. The number of hydrogen-bond donors (Lipinski definition) is 1. The van der Waals surface area contributed by atoms with Gasteiger partial charge in [-0.2, -0.15) is 0 Å². The van der Waals surface area contributed by atoms with Crippen LogP contribution < -0.4 is 5.32 Å². The quantitative estimate of drug-likeness (QED) is 0.712. The maximum atomic E-state index is 13.0. The normalized spacial score (nSPS) is 19.8. The van der Waals surface area contributed by atoms with E-state index in [2.05, 4.69) is 10.3 Å². The molecular weight excluding hydrogens is 357 g/mol. The summed E-state index contributed by atoms with van der Waals surface area (Å²) in [6.45, 7) is 1.68. The van der Waals surface area contributed by atoms with Gasteiger partial charge in [0.1, 0.15) is 12.1 Å². The molecule has 1 unspecified atom stereocenters. The monoisotopic (exact) mass is 371 g/mol. The molecule has 0 aliphatic carbocycles. The van der Waals surface area contributed by atoms with Gasteiger partial charge in [-0.1, -0.05) is 6.07 Å². The molecule has 0 bridgehead atoms. The van der Waals surface area contributed by atoms with Crippen LogP contribution in [0.1, 0.15) is 17.5 Å². The number of rotatable bonds is 4. The first-order valence-electron chi connectivity index (χ1n) is 7.86. The Hall–Kier alpha value is -3.00. The van der Waals surface area contributed by atoms with Gasteiger partial charge < -0.3 is 9.73 Å². The number of benzene rings is 1. The van der Waals surface area contributed by atoms with Gasteiger partial charge in [-0.25, -0.2) is 14.2 Å². The molecule has 4 rings (SSSR count). The van der Waals surface area contributed by atoms with E-state index < -0.39 is 11.6 Å². The number of aromatic nitrogens is 1. The largest absolute Gasteiger partial charge is 0.444 e. The van der Waals surface area contributed by atoms with Crippen LogP contribution >= 0.6 is 11.3 Å². The number of imide groups is 1. The molecule has 1 aliphatic rings. The topological polar surface area (TPSA) is 75.4 Å². The van der Waals surface area contributed by atoms with Gasteiger partial charge in [-0.05, 0) is 42.6 Å². The molecule has 8 heteroatoms. The fourth-order valence-corrected chi connectivity index (χ4v) is 3.67. The summed E-state index contributed by atoms with van der Waals surface area (Å²) in [5.74, 6) is -0.392. The average molecular weight is 371 g/mol. The van der Waals surface area contributed by atoms with Gasteiger partial charge in [0.25, 0.3) is 5.91 Å². The summed E-state index contributed by atoms with van der Waals surface area (Å²) in [5, 5.41) is 4.60. The Bertz CT molecular complexity index is 968. The first-order valence-corrected chi connectivity index (χ1v) is 8.74. The minimum absolute atomic E-state index is 0.00364. The Morgan fingerprint density at radius 2 is 2.04 bits per heavy atom. The number of carbonyl (C=O) groups is 2. The van der Waals surface area contributed by atoms with E-state index in [-0.39, 0.29) is 18.3 Å². The molecule has 0 saturated carbocycles. The SMILES string of the molecule is CC1(c2cccs2)NC(=O)N(Cc2coc(-c3ccc(F)cc3)n2)C1=O. The first kappa shape index (κ1) is 16.5. The lowest BCUT2D eigenvalue weighted by atomic mass is 10.0. The van der Waals surface area contributed by atoms with Crippen LogP contribution in [0.3, 0.4) is 0 Å². The van der Waals surface area contributed by atoms with Crippen molar-refractivity contribution in [1.29, 1.82) is 0 Å². The van der Waals surface area contributed by atoms with Gasteiger partial charge in [-0.15, -0.1) is 11.3 Å². The zero-order chi connectivity index (χ0) is 18.3. The van der Waals surface area contributed by atoms with Crippen LogP contribution in [0.15, 0.2) is 52.5 Å². The molecule has 3 aromatic rings. The Kier molecular flexibility index (Phi) is 3.84. The second kappa shape index (κ2) is 6.06. The van der Waals surface area contributed by atoms with Crippen LogP contribution in [0.5, 0.6) is 0 Å². The molecule has 0 radical (unpaired) electrons. The fourth-order valence-electron chi connectivity index (χ4n) is 2.84. The maximum absolute atomic E-state index is 13.0. The zero-order valence-corrected chi connectivity index (χ0v) is 14.5. The molecule has 26 heavy (non-hydrogen) atoms. The van der Waals surface area contributed by atoms with E-state index in [0.717, 1.165) is 9.78 Å². The third-order valence-corrected chi connectivity index (χ3v) is 5.34. The molecule has 1 saturated heterocycles. The molecule has 132 valence electrons. The Labute approximate surface area is 152 Å². The number of urea groups is 1. The molecule has 1 aliphatic heterocycles. The lowest BCUT2D eigenvalue weighted by molar-refractivity contribution is -0.131. The van der Waals surface area contributed by atoms with Crippen molar-refractivity contribution in [3.05, 3.63) is 64.4 Å². The number of halogens is 1. The van der Waals surface area contributed by atoms with E-state index in [4.69, 9.17) is 4.42 Å². The van der Waals surface area contributed by atoms with Crippen molar-refractivity contribution < 1.29 is 18.4 Å². The molecule has 3 heterocycles. The molecule has 1 fully saturated rings. The van der Waals surface area contributed by atoms with E-state index >= 15 is 0 Å². The van der Waals surface area contributed by atoms with E-state index in [9.17, 15) is 14.0 Å². The molecule has 2 aromatic heterocycles. The minimum atomic E-state index is -1.07. The Morgan fingerprint density at radius 1 is 1.27 bits per heavy atom. The highest BCUT2D eigenvalue weighted by Crippen LogP contribution is 2.32. The molecule has 1 N–H and O–H groups in total. The van der Waals surface area contributed by atoms with Crippen LogP contribution in [0, 0.1) is 5.82 Å². The van der Waals surface area contributed by atoms with Crippen LogP contribution in [-0.2, 0) is 16.9 Å². The second-order valence-electron chi connectivity index (χ2n) is 6.07. The third kappa shape index (κ3) is 2.68. The summed E-state index contributed by atoms with van der Waals surface area (Å²) in [6, 6.07) is 8.89. The van der Waals surface area contributed by atoms with E-state index in [1.54, 1.807) is 19.1 Å². The number of nitrogens with one attached hydrogen (secondary N) is 1. The van der Waals surface area contributed by atoms with Crippen LogP contribution in [0.25, 0.3) is 11.5 Å². The average Bonchev–Trinajstić information content (AvgIpc) is 3.34. The van der Waals surface area contributed by atoms with E-state index in [1.807, 2.05) is 17.5 Å². The Morgan fingerprint density at radius 3 is 2.73 bits per heavy atom. The van der Waals surface area contributed by atoms with Gasteiger partial charge in [0, 0.05) is 10.4 Å². The van der Waals surface area contributed by atoms with Crippen molar-refractivity contribution in [2.45, 2.75) is 19.0 Å². The predicted octanol–water partition coefficient (Wildman–Crippen LogP) is 3.51. The fraction of sp³-hybridized carbons (Fsp3) is 0.167. The third-order valence-electron chi connectivity index (χ3n) is 4.25. The molecule has 6 nitrogen and oxygen atoms in total. The predicted molar refractivity (Wildman–Crippen MR) is 92.6 cm³/mol. The first-order chi connectivity index (χ1) is 12.5. The summed E-state index contributed by atoms with van der Waals surface area (Å²) >= 11 is 1.41. The highest BCUT2D eigenvalue weighted by Gasteiger charge is 2.49. The minimum Gasteiger partial charge on any atom is -0.444 e. The smallest absolute Gasteiger partial charge is 0.325 e. The number of nitrogens with zero attached hydrogens (tertiary/aromatic N) is 2. The lowest BCUT2D eigenvalue weighted by Crippen LogP contribution is -2.40. The maximum Gasteiger partial charge on any atom is 0.325 e. The Balaban J connectivity index is 1.55. The van der Waals surface area contributed by atoms with Gasteiger partial charge in [0.15, 0.2) is 5.54 Å². The van der Waals surface area contributed by atoms with Crippen molar-refractivity contribution in [3.8, 4) is 11.5 Å². The van der Waals surface area contributed by atoms with Crippen LogP contribution in [0.2, 0.25) is 0 Å². The summed E-state index contributed by atoms with van der Waals surface area (Å²) in [7, 11) is 0. The number of oxazole rings is 1. The van der Waals surface area contributed by atoms with E-state index in [1.165, 1.54) is 29.7 Å². The summed E-state index contributed by atoms with van der Waals surface area (Å²) < 4.78 is 18.4. The van der Waals surface area contributed by atoms with Gasteiger partial charge in [-0.3, -0.25) is 9.69 Å². The number of hydrogen-bond acceptors (Lipinski definition) is 5. The van der Waals surface area contributed by atoms with Crippen molar-refractivity contribution in [1.82, 2.24) is 15.2 Å².